The molecule has 0 aliphatic rings. The van der Waals surface area contributed by atoms with Crippen molar-refractivity contribution in [2.75, 3.05) is 0 Å². The Morgan fingerprint density at radius 2 is 2.06 bits per heavy atom. The smallest absolute Gasteiger partial charge is 0.258 e. The predicted molar refractivity (Wildman–Crippen MR) is 55.4 cm³/mol. The largest absolute Gasteiger partial charge is 0.416 e. The third-order valence-electron chi connectivity index (χ3n) is 1.99. The van der Waals surface area contributed by atoms with Crippen LogP contribution in [0.4, 0.5) is 18.9 Å². The highest BCUT2D eigenvalue weighted by atomic mass is 79.9. The molecule has 0 saturated carbocycles. The van der Waals surface area contributed by atoms with Gasteiger partial charge in [-0.15, -0.1) is 0 Å². The van der Waals surface area contributed by atoms with Gasteiger partial charge in [0.05, 0.1) is 10.5 Å². The second-order valence-electron chi connectivity index (χ2n) is 3.03. The fourth-order valence-corrected chi connectivity index (χ4v) is 1.71. The fourth-order valence-electron chi connectivity index (χ4n) is 1.25. The van der Waals surface area contributed by atoms with Gasteiger partial charge >= 0.3 is 6.18 Å². The lowest BCUT2D eigenvalue weighted by Gasteiger charge is -2.11. The van der Waals surface area contributed by atoms with Crippen molar-refractivity contribution in [3.05, 3.63) is 38.9 Å². The molecule has 4 nitrogen and oxygen atoms in total. The van der Waals surface area contributed by atoms with Crippen LogP contribution in [-0.4, -0.2) is 4.92 Å². The molecule has 0 N–H and O–H groups in total. The molecule has 0 aliphatic heterocycles. The average Bonchev–Trinajstić information content (AvgIpc) is 2.25. The van der Waals surface area contributed by atoms with Crippen LogP contribution in [-0.2, 0) is 11.5 Å². The highest BCUT2D eigenvalue weighted by Crippen LogP contribution is 2.36. The second-order valence-corrected chi connectivity index (χ2v) is 3.59. The quantitative estimate of drug-likeness (QED) is 0.478. The van der Waals surface area contributed by atoms with Crippen molar-refractivity contribution in [2.24, 2.45) is 0 Å². The minimum absolute atomic E-state index is 0.144. The Labute approximate surface area is 102 Å². The highest BCUT2D eigenvalue weighted by Gasteiger charge is 2.35. The summed E-state index contributed by atoms with van der Waals surface area (Å²) < 4.78 is 37.8. The van der Waals surface area contributed by atoms with Crippen LogP contribution in [0.15, 0.2) is 12.1 Å². The summed E-state index contributed by atoms with van der Waals surface area (Å²) in [6, 6.07) is 2.76. The van der Waals surface area contributed by atoms with Crippen LogP contribution in [0.3, 0.4) is 0 Å². The molecule has 0 saturated heterocycles. The Morgan fingerprint density at radius 3 is 2.41 bits per heavy atom. The van der Waals surface area contributed by atoms with E-state index < -0.39 is 27.9 Å². The van der Waals surface area contributed by atoms with E-state index in [0.29, 0.717) is 6.07 Å². The van der Waals surface area contributed by atoms with Gasteiger partial charge in [-0.05, 0) is 11.6 Å². The summed E-state index contributed by atoms with van der Waals surface area (Å²) in [5, 5.41) is 19.0. The second kappa shape index (κ2) is 4.71. The molecule has 0 spiro atoms. The maximum absolute atomic E-state index is 12.6. The zero-order valence-corrected chi connectivity index (χ0v) is 9.67. The van der Waals surface area contributed by atoms with Gasteiger partial charge in [-0.2, -0.15) is 18.4 Å². The minimum atomic E-state index is -4.69. The normalized spacial score (nSPS) is 11.0. The lowest BCUT2D eigenvalue weighted by Crippen LogP contribution is -2.10. The molecule has 0 amide bonds. The zero-order chi connectivity index (χ0) is 13.2. The number of nitro benzene ring substituents is 1. The van der Waals surface area contributed by atoms with Gasteiger partial charge in [0.15, 0.2) is 0 Å². The first kappa shape index (κ1) is 13.4. The lowest BCUT2D eigenvalue weighted by molar-refractivity contribution is -0.385. The molecule has 1 rings (SSSR count). The van der Waals surface area contributed by atoms with E-state index in [1.165, 1.54) is 6.07 Å². The number of nitrogens with zero attached hydrogens (tertiary/aromatic N) is 2. The molecule has 0 atom stereocenters. The Morgan fingerprint density at radius 1 is 1.47 bits per heavy atom. The van der Waals surface area contributed by atoms with Gasteiger partial charge < -0.3 is 0 Å². The van der Waals surface area contributed by atoms with Crippen molar-refractivity contribution >= 4 is 21.6 Å². The summed E-state index contributed by atoms with van der Waals surface area (Å²) in [6.45, 7) is 0. The number of nitriles is 1. The third-order valence-corrected chi connectivity index (χ3v) is 2.59. The van der Waals surface area contributed by atoms with Crippen LogP contribution in [0.25, 0.3) is 0 Å². The molecule has 0 fully saturated rings. The van der Waals surface area contributed by atoms with E-state index in [1.807, 2.05) is 0 Å². The number of hydrogen-bond acceptors (Lipinski definition) is 3. The number of hydrogen-bond donors (Lipinski definition) is 0. The van der Waals surface area contributed by atoms with Crippen LogP contribution >= 0.6 is 15.9 Å². The van der Waals surface area contributed by atoms with E-state index in [9.17, 15) is 23.3 Å². The highest BCUT2D eigenvalue weighted by molar-refractivity contribution is 9.08. The lowest BCUT2D eigenvalue weighted by atomic mass is 10.0. The molecule has 90 valence electrons. The number of rotatable bonds is 2. The molecule has 17 heavy (non-hydrogen) atoms. The Hall–Kier alpha value is -1.62. The zero-order valence-electron chi connectivity index (χ0n) is 8.08. The number of halogens is 4. The Balaban J connectivity index is 3.58. The van der Waals surface area contributed by atoms with E-state index in [4.69, 9.17) is 5.26 Å². The summed E-state index contributed by atoms with van der Waals surface area (Å²) in [6.07, 6.45) is -4.69. The Kier molecular flexibility index (Phi) is 3.72. The molecule has 1 aromatic rings. The van der Waals surface area contributed by atoms with Gasteiger partial charge in [0, 0.05) is 11.4 Å². The van der Waals surface area contributed by atoms with Crippen molar-refractivity contribution in [2.45, 2.75) is 11.5 Å². The van der Waals surface area contributed by atoms with Crippen molar-refractivity contribution < 1.29 is 18.1 Å². The topological polar surface area (TPSA) is 66.9 Å². The predicted octanol–water partition coefficient (Wildman–Crippen LogP) is 3.38. The molecule has 0 bridgehead atoms. The molecule has 0 aromatic heterocycles. The summed E-state index contributed by atoms with van der Waals surface area (Å²) in [5.41, 5.74) is -2.55. The fraction of sp³-hybridized carbons (Fsp3) is 0.222. The summed E-state index contributed by atoms with van der Waals surface area (Å²) in [7, 11) is 0. The van der Waals surface area contributed by atoms with Gasteiger partial charge in [0.1, 0.15) is 11.6 Å². The van der Waals surface area contributed by atoms with Gasteiger partial charge in [-0.3, -0.25) is 10.1 Å². The maximum Gasteiger partial charge on any atom is 0.416 e. The molecule has 0 aliphatic carbocycles. The Bertz CT molecular complexity index is 508. The van der Waals surface area contributed by atoms with E-state index in [2.05, 4.69) is 15.9 Å². The van der Waals surface area contributed by atoms with Crippen molar-refractivity contribution in [3.63, 3.8) is 0 Å². The summed E-state index contributed by atoms with van der Waals surface area (Å²) in [4.78, 5) is 9.53. The van der Waals surface area contributed by atoms with Crippen molar-refractivity contribution in [3.8, 4) is 6.07 Å². The number of nitro groups is 1. The van der Waals surface area contributed by atoms with Gasteiger partial charge in [-0.1, -0.05) is 15.9 Å². The van der Waals surface area contributed by atoms with Crippen LogP contribution in [0.2, 0.25) is 0 Å². The SMILES string of the molecule is N#Cc1cc(CBr)c(C(F)(F)F)cc1[N+](=O)[O-]. The summed E-state index contributed by atoms with van der Waals surface area (Å²) >= 11 is 2.85. The molecular weight excluding hydrogens is 305 g/mol. The van der Waals surface area contributed by atoms with Gasteiger partial charge in [0.25, 0.3) is 5.69 Å². The first-order valence-corrected chi connectivity index (χ1v) is 5.28. The van der Waals surface area contributed by atoms with E-state index in [-0.39, 0.29) is 10.9 Å². The number of benzene rings is 1. The first-order valence-electron chi connectivity index (χ1n) is 4.15. The summed E-state index contributed by atoms with van der Waals surface area (Å²) in [5.74, 6) is 0. The molecule has 0 heterocycles. The molecule has 1 aromatic carbocycles. The van der Waals surface area contributed by atoms with Crippen molar-refractivity contribution in [1.82, 2.24) is 0 Å². The van der Waals surface area contributed by atoms with E-state index >= 15 is 0 Å². The molecular formula is C9H4BrF3N2O2. The van der Waals surface area contributed by atoms with E-state index in [0.717, 1.165) is 6.07 Å². The van der Waals surface area contributed by atoms with Crippen LogP contribution < -0.4 is 0 Å². The van der Waals surface area contributed by atoms with Gasteiger partial charge in [0.2, 0.25) is 0 Å². The monoisotopic (exact) mass is 308 g/mol. The molecule has 0 unspecified atom stereocenters. The minimum Gasteiger partial charge on any atom is -0.258 e. The van der Waals surface area contributed by atoms with Crippen LogP contribution in [0.1, 0.15) is 16.7 Å². The van der Waals surface area contributed by atoms with E-state index in [1.54, 1.807) is 0 Å². The molecule has 0 radical (unpaired) electrons. The maximum atomic E-state index is 12.6. The molecule has 8 heteroatoms. The van der Waals surface area contributed by atoms with Crippen molar-refractivity contribution in [1.29, 1.82) is 5.26 Å². The van der Waals surface area contributed by atoms with Crippen LogP contribution in [0, 0.1) is 21.4 Å². The van der Waals surface area contributed by atoms with Crippen LogP contribution in [0.5, 0.6) is 0 Å². The van der Waals surface area contributed by atoms with Gasteiger partial charge in [-0.25, -0.2) is 0 Å². The number of alkyl halides is 4. The average molecular weight is 309 g/mol. The first-order chi connectivity index (χ1) is 7.81. The standard InChI is InChI=1S/C9H4BrF3N2O2/c10-3-5-1-6(4-14)8(15(16)17)2-7(5)9(11,12)13/h1-2H,3H2. The third kappa shape index (κ3) is 2.74.